The van der Waals surface area contributed by atoms with Gasteiger partial charge in [0, 0.05) is 44.8 Å². The van der Waals surface area contributed by atoms with E-state index in [2.05, 4.69) is 37.8 Å². The highest BCUT2D eigenvalue weighted by atomic mass is 16.5. The second-order valence-electron chi connectivity index (χ2n) is 10.4. The van der Waals surface area contributed by atoms with E-state index in [0.29, 0.717) is 31.8 Å². The summed E-state index contributed by atoms with van der Waals surface area (Å²) < 4.78 is 5.92. The monoisotopic (exact) mass is 463 g/mol. The number of rotatable bonds is 6. The lowest BCUT2D eigenvalue weighted by molar-refractivity contribution is -0.131. The Bertz CT molecular complexity index is 965. The molecule has 0 spiro atoms. The summed E-state index contributed by atoms with van der Waals surface area (Å²) in [5.41, 5.74) is 3.13. The first-order chi connectivity index (χ1) is 16.3. The van der Waals surface area contributed by atoms with Crippen LogP contribution in [0.4, 0.5) is 0 Å². The minimum absolute atomic E-state index is 0.0516. The molecule has 0 saturated carbocycles. The number of hydrogen-bond donors (Lipinski definition) is 0. The molecular weight excluding hydrogens is 426 g/mol. The zero-order valence-electron chi connectivity index (χ0n) is 20.8. The number of amides is 2. The van der Waals surface area contributed by atoms with Crippen molar-refractivity contribution < 1.29 is 14.3 Å². The summed E-state index contributed by atoms with van der Waals surface area (Å²) in [7, 11) is 0. The molecule has 2 aliphatic heterocycles. The minimum atomic E-state index is 0.0516. The highest BCUT2D eigenvalue weighted by molar-refractivity contribution is 5.94. The van der Waals surface area contributed by atoms with Crippen LogP contribution in [-0.4, -0.2) is 72.3 Å². The van der Waals surface area contributed by atoms with Crippen molar-refractivity contribution >= 4 is 11.8 Å². The van der Waals surface area contributed by atoms with Gasteiger partial charge in [0.15, 0.2) is 0 Å². The minimum Gasteiger partial charge on any atom is -0.489 e. The molecule has 0 atom stereocenters. The van der Waals surface area contributed by atoms with Crippen molar-refractivity contribution in [3.63, 3.8) is 0 Å². The smallest absolute Gasteiger partial charge is 0.253 e. The van der Waals surface area contributed by atoms with Gasteiger partial charge < -0.3 is 14.5 Å². The summed E-state index contributed by atoms with van der Waals surface area (Å²) in [6.07, 6.45) is 2.23. The second kappa shape index (κ2) is 10.6. The first-order valence-corrected chi connectivity index (χ1v) is 12.4. The molecule has 34 heavy (non-hydrogen) atoms. The van der Waals surface area contributed by atoms with Crippen LogP contribution in [0.15, 0.2) is 48.5 Å². The van der Waals surface area contributed by atoms with Gasteiger partial charge in [0.2, 0.25) is 5.91 Å². The van der Waals surface area contributed by atoms with Crippen LogP contribution in [-0.2, 0) is 16.8 Å². The van der Waals surface area contributed by atoms with Crippen molar-refractivity contribution in [1.29, 1.82) is 0 Å². The lowest BCUT2D eigenvalue weighted by Gasteiger charge is -2.35. The Morgan fingerprint density at radius 1 is 0.794 bits per heavy atom. The van der Waals surface area contributed by atoms with Crippen molar-refractivity contribution in [3.8, 4) is 5.75 Å². The van der Waals surface area contributed by atoms with Gasteiger partial charge in [-0.15, -0.1) is 0 Å². The predicted molar refractivity (Wildman–Crippen MR) is 134 cm³/mol. The molecule has 0 aromatic heterocycles. The van der Waals surface area contributed by atoms with E-state index >= 15 is 0 Å². The van der Waals surface area contributed by atoms with Gasteiger partial charge in [-0.25, -0.2) is 0 Å². The molecule has 0 N–H and O–H groups in total. The van der Waals surface area contributed by atoms with Crippen LogP contribution in [0.2, 0.25) is 0 Å². The van der Waals surface area contributed by atoms with E-state index in [-0.39, 0.29) is 17.2 Å². The van der Waals surface area contributed by atoms with Gasteiger partial charge in [-0.2, -0.15) is 0 Å². The fraction of sp³-hybridized carbons (Fsp3) is 0.500. The molecule has 2 saturated heterocycles. The van der Waals surface area contributed by atoms with Crippen LogP contribution < -0.4 is 4.74 Å². The van der Waals surface area contributed by atoms with Crippen LogP contribution in [0.5, 0.6) is 5.75 Å². The zero-order valence-corrected chi connectivity index (χ0v) is 20.8. The molecule has 0 aliphatic carbocycles. The Morgan fingerprint density at radius 3 is 2.00 bits per heavy atom. The van der Waals surface area contributed by atoms with Crippen LogP contribution in [0.3, 0.4) is 0 Å². The maximum absolute atomic E-state index is 12.9. The third-order valence-electron chi connectivity index (χ3n) is 6.80. The van der Waals surface area contributed by atoms with Crippen LogP contribution in [0.1, 0.15) is 55.1 Å². The average Bonchev–Trinajstić information content (AvgIpc) is 3.38. The van der Waals surface area contributed by atoms with E-state index < -0.39 is 0 Å². The van der Waals surface area contributed by atoms with Crippen LogP contribution in [0, 0.1) is 0 Å². The number of ether oxygens (including phenoxy) is 1. The topological polar surface area (TPSA) is 53.1 Å². The number of carbonyl (C=O) groups is 2. The molecule has 2 amide bonds. The van der Waals surface area contributed by atoms with Gasteiger partial charge in [0.1, 0.15) is 12.4 Å². The molecule has 6 heteroatoms. The standard InChI is InChI=1S/C28H37N3O3/c1-28(2,3)24-10-12-25(13-11-24)34-21-22-6-8-23(9-7-22)27(33)31-18-16-29(17-19-31)20-26(32)30-14-4-5-15-30/h6-13H,4-5,14-21H2,1-3H3. The van der Waals surface area contributed by atoms with E-state index in [1.165, 1.54) is 5.56 Å². The lowest BCUT2D eigenvalue weighted by atomic mass is 9.87. The SMILES string of the molecule is CC(C)(C)c1ccc(OCc2ccc(C(=O)N3CCN(CC(=O)N4CCCC4)CC3)cc2)cc1. The van der Waals surface area contributed by atoms with Crippen molar-refractivity contribution in [2.75, 3.05) is 45.8 Å². The zero-order chi connectivity index (χ0) is 24.1. The Balaban J connectivity index is 1.23. The molecule has 6 nitrogen and oxygen atoms in total. The molecule has 2 aliphatic rings. The second-order valence-corrected chi connectivity index (χ2v) is 10.4. The van der Waals surface area contributed by atoms with Crippen molar-refractivity contribution in [1.82, 2.24) is 14.7 Å². The van der Waals surface area contributed by atoms with Crippen molar-refractivity contribution in [2.24, 2.45) is 0 Å². The van der Waals surface area contributed by atoms with E-state index in [4.69, 9.17) is 4.74 Å². The Morgan fingerprint density at radius 2 is 1.41 bits per heavy atom. The molecule has 182 valence electrons. The predicted octanol–water partition coefficient (Wildman–Crippen LogP) is 3.94. The average molecular weight is 464 g/mol. The largest absolute Gasteiger partial charge is 0.489 e. The molecular formula is C28H37N3O3. The van der Waals surface area contributed by atoms with Gasteiger partial charge in [-0.1, -0.05) is 45.0 Å². The Hall–Kier alpha value is -2.86. The van der Waals surface area contributed by atoms with E-state index in [9.17, 15) is 9.59 Å². The normalized spacial score (nSPS) is 17.1. The summed E-state index contributed by atoms with van der Waals surface area (Å²) in [5, 5.41) is 0. The Kier molecular flexibility index (Phi) is 7.57. The van der Waals surface area contributed by atoms with E-state index in [1.807, 2.05) is 46.2 Å². The summed E-state index contributed by atoms with van der Waals surface area (Å²) in [6, 6.07) is 15.9. The third-order valence-corrected chi connectivity index (χ3v) is 6.80. The van der Waals surface area contributed by atoms with E-state index in [1.54, 1.807) is 0 Å². The molecule has 0 unspecified atom stereocenters. The lowest BCUT2D eigenvalue weighted by Crippen LogP contribution is -2.51. The number of carbonyl (C=O) groups excluding carboxylic acids is 2. The van der Waals surface area contributed by atoms with Crippen molar-refractivity contribution in [3.05, 3.63) is 65.2 Å². The molecule has 2 aromatic carbocycles. The van der Waals surface area contributed by atoms with Crippen LogP contribution in [0.25, 0.3) is 0 Å². The first-order valence-electron chi connectivity index (χ1n) is 12.4. The molecule has 4 rings (SSSR count). The molecule has 2 fully saturated rings. The van der Waals surface area contributed by atoms with E-state index in [0.717, 1.165) is 50.3 Å². The number of hydrogen-bond acceptors (Lipinski definition) is 4. The summed E-state index contributed by atoms with van der Waals surface area (Å²) in [6.45, 7) is 12.1. The third kappa shape index (κ3) is 6.17. The molecule has 0 bridgehead atoms. The van der Waals surface area contributed by atoms with Crippen LogP contribution >= 0.6 is 0 Å². The molecule has 2 aromatic rings. The molecule has 2 heterocycles. The highest BCUT2D eigenvalue weighted by Gasteiger charge is 2.25. The highest BCUT2D eigenvalue weighted by Crippen LogP contribution is 2.24. The quantitative estimate of drug-likeness (QED) is 0.651. The maximum atomic E-state index is 12.9. The fourth-order valence-corrected chi connectivity index (χ4v) is 4.51. The van der Waals surface area contributed by atoms with Gasteiger partial charge >= 0.3 is 0 Å². The number of likely N-dealkylation sites (tertiary alicyclic amines) is 1. The summed E-state index contributed by atoms with van der Waals surface area (Å²) >= 11 is 0. The first kappa shape index (κ1) is 24.3. The summed E-state index contributed by atoms with van der Waals surface area (Å²) in [4.78, 5) is 31.3. The Labute approximate surface area is 203 Å². The van der Waals surface area contributed by atoms with Gasteiger partial charge in [0.05, 0.1) is 6.54 Å². The number of nitrogens with zero attached hydrogens (tertiary/aromatic N) is 3. The van der Waals surface area contributed by atoms with Gasteiger partial charge in [-0.05, 0) is 53.6 Å². The molecule has 0 radical (unpaired) electrons. The van der Waals surface area contributed by atoms with Gasteiger partial charge in [-0.3, -0.25) is 14.5 Å². The maximum Gasteiger partial charge on any atom is 0.253 e. The van der Waals surface area contributed by atoms with Gasteiger partial charge in [0.25, 0.3) is 5.91 Å². The number of benzene rings is 2. The fourth-order valence-electron chi connectivity index (χ4n) is 4.51. The number of piperazine rings is 1. The van der Waals surface area contributed by atoms with Crippen molar-refractivity contribution in [2.45, 2.75) is 45.6 Å². The summed E-state index contributed by atoms with van der Waals surface area (Å²) in [5.74, 6) is 1.12.